The number of carbonyl (C=O) groups is 1. The monoisotopic (exact) mass is 484 g/mol. The first-order valence-corrected chi connectivity index (χ1v) is 12.6. The highest BCUT2D eigenvalue weighted by Gasteiger charge is 2.36. The Morgan fingerprint density at radius 2 is 1.71 bits per heavy atom. The summed E-state index contributed by atoms with van der Waals surface area (Å²) in [5.41, 5.74) is 1.11. The normalized spacial score (nSPS) is 17.0. The third-order valence-electron chi connectivity index (χ3n) is 5.63. The Morgan fingerprint density at radius 1 is 1.13 bits per heavy atom. The molecule has 0 spiro atoms. The number of nitrogens with one attached hydrogen (secondary N) is 1. The van der Waals surface area contributed by atoms with Gasteiger partial charge in [-0.1, -0.05) is 53.5 Å². The minimum Gasteiger partial charge on any atom is -0.381 e. The zero-order valence-electron chi connectivity index (χ0n) is 17.5. The first-order chi connectivity index (χ1) is 14.6. The van der Waals surface area contributed by atoms with Crippen molar-refractivity contribution >= 4 is 44.8 Å². The van der Waals surface area contributed by atoms with Gasteiger partial charge in [-0.05, 0) is 43.5 Å². The summed E-state index contributed by atoms with van der Waals surface area (Å²) in [5.74, 6) is -0.400. The van der Waals surface area contributed by atoms with Crippen LogP contribution in [-0.2, 0) is 25.0 Å². The second kappa shape index (κ2) is 9.77. The van der Waals surface area contributed by atoms with Gasteiger partial charge in [0.2, 0.25) is 15.9 Å². The molecule has 0 aliphatic carbocycles. The van der Waals surface area contributed by atoms with Crippen molar-refractivity contribution in [1.29, 1.82) is 0 Å². The number of halogens is 2. The molecule has 31 heavy (non-hydrogen) atoms. The van der Waals surface area contributed by atoms with Crippen molar-refractivity contribution in [3.63, 3.8) is 0 Å². The Bertz CT molecular complexity index is 1000. The number of hydrogen-bond acceptors (Lipinski definition) is 4. The van der Waals surface area contributed by atoms with Gasteiger partial charge in [-0.25, -0.2) is 8.42 Å². The molecule has 9 heteroatoms. The fourth-order valence-corrected chi connectivity index (χ4v) is 5.67. The summed E-state index contributed by atoms with van der Waals surface area (Å²) in [4.78, 5) is 13.1. The molecule has 0 saturated carbocycles. The van der Waals surface area contributed by atoms with E-state index in [1.165, 1.54) is 18.2 Å². The second-order valence-corrected chi connectivity index (χ2v) is 10.6. The minimum absolute atomic E-state index is 0.242. The van der Waals surface area contributed by atoms with Crippen LogP contribution in [0.1, 0.15) is 25.3 Å². The molecule has 6 nitrogen and oxygen atoms in total. The van der Waals surface area contributed by atoms with Crippen LogP contribution in [-0.4, -0.2) is 46.4 Å². The molecular weight excluding hydrogens is 459 g/mol. The zero-order chi connectivity index (χ0) is 22.6. The standard InChI is InChI=1S/C22H26Cl2N2O4S/c1-16(26(31(2,28)29)20-13-18(23)12-19(24)14-20)21(27)25-15-22(8-10-30-11-9-22)17-6-4-3-5-7-17/h3-7,12-14,16H,8-11,15H2,1-2H3,(H,25,27)/t16-/m0/s1. The molecule has 168 valence electrons. The predicted octanol–water partition coefficient (Wildman–Crippen LogP) is 4.01. The number of rotatable bonds is 7. The molecule has 2 aromatic rings. The fourth-order valence-electron chi connectivity index (χ4n) is 4.00. The van der Waals surface area contributed by atoms with Crippen molar-refractivity contribution in [1.82, 2.24) is 5.32 Å². The van der Waals surface area contributed by atoms with Gasteiger partial charge >= 0.3 is 0 Å². The summed E-state index contributed by atoms with van der Waals surface area (Å²) >= 11 is 12.1. The number of carbonyl (C=O) groups excluding carboxylic acids is 1. The third kappa shape index (κ3) is 5.71. The van der Waals surface area contributed by atoms with Gasteiger partial charge in [0.05, 0.1) is 11.9 Å². The van der Waals surface area contributed by atoms with Crippen molar-refractivity contribution in [2.75, 3.05) is 30.3 Å². The summed E-state index contributed by atoms with van der Waals surface area (Å²) < 4.78 is 31.6. The summed E-state index contributed by atoms with van der Waals surface area (Å²) in [5, 5.41) is 3.55. The Labute approximate surface area is 193 Å². The maximum atomic E-state index is 13.1. The molecule has 1 atom stereocenters. The van der Waals surface area contributed by atoms with E-state index in [0.717, 1.165) is 29.0 Å². The van der Waals surface area contributed by atoms with Crippen LogP contribution in [0, 0.1) is 0 Å². The van der Waals surface area contributed by atoms with E-state index in [0.29, 0.717) is 19.8 Å². The van der Waals surface area contributed by atoms with E-state index >= 15 is 0 Å². The Kier molecular flexibility index (Phi) is 7.52. The lowest BCUT2D eigenvalue weighted by molar-refractivity contribution is -0.122. The van der Waals surface area contributed by atoms with E-state index in [-0.39, 0.29) is 21.1 Å². The first kappa shape index (κ1) is 23.9. The van der Waals surface area contributed by atoms with Gasteiger partial charge < -0.3 is 10.1 Å². The molecule has 0 radical (unpaired) electrons. The van der Waals surface area contributed by atoms with Gasteiger partial charge in [0.25, 0.3) is 0 Å². The molecule has 0 bridgehead atoms. The molecule has 2 aromatic carbocycles. The van der Waals surface area contributed by atoms with E-state index in [1.54, 1.807) is 6.92 Å². The van der Waals surface area contributed by atoms with Crippen LogP contribution in [0.5, 0.6) is 0 Å². The lowest BCUT2D eigenvalue weighted by Crippen LogP contribution is -2.51. The van der Waals surface area contributed by atoms with Crippen LogP contribution in [0.2, 0.25) is 10.0 Å². The topological polar surface area (TPSA) is 75.7 Å². The van der Waals surface area contributed by atoms with Crippen LogP contribution in [0.3, 0.4) is 0 Å². The van der Waals surface area contributed by atoms with Gasteiger partial charge in [0.15, 0.2) is 0 Å². The highest BCUT2D eigenvalue weighted by Crippen LogP contribution is 2.34. The number of benzene rings is 2. The van der Waals surface area contributed by atoms with Crippen molar-refractivity contribution in [3.8, 4) is 0 Å². The van der Waals surface area contributed by atoms with Gasteiger partial charge in [-0.3, -0.25) is 9.10 Å². The Balaban J connectivity index is 1.83. The van der Waals surface area contributed by atoms with E-state index in [1.807, 2.05) is 18.2 Å². The average molecular weight is 485 g/mol. The fraction of sp³-hybridized carbons (Fsp3) is 0.409. The lowest BCUT2D eigenvalue weighted by Gasteiger charge is -2.38. The van der Waals surface area contributed by atoms with E-state index in [2.05, 4.69) is 17.4 Å². The summed E-state index contributed by atoms with van der Waals surface area (Å²) in [6.45, 7) is 3.15. The summed E-state index contributed by atoms with van der Waals surface area (Å²) in [7, 11) is -3.77. The van der Waals surface area contributed by atoms with Gasteiger partial charge in [-0.15, -0.1) is 0 Å². The summed E-state index contributed by atoms with van der Waals surface area (Å²) in [6.07, 6.45) is 2.59. The van der Waals surface area contributed by atoms with Crippen LogP contribution in [0.4, 0.5) is 5.69 Å². The van der Waals surface area contributed by atoms with Crippen molar-refractivity contribution in [3.05, 3.63) is 64.1 Å². The number of amides is 1. The number of anilines is 1. The minimum atomic E-state index is -3.77. The van der Waals surface area contributed by atoms with Crippen LogP contribution < -0.4 is 9.62 Å². The van der Waals surface area contributed by atoms with Gasteiger partial charge in [0, 0.05) is 35.2 Å². The highest BCUT2D eigenvalue weighted by atomic mass is 35.5. The number of hydrogen-bond donors (Lipinski definition) is 1. The van der Waals surface area contributed by atoms with E-state index < -0.39 is 22.0 Å². The van der Waals surface area contributed by atoms with Crippen molar-refractivity contribution < 1.29 is 17.9 Å². The highest BCUT2D eigenvalue weighted by molar-refractivity contribution is 7.92. The molecule has 1 fully saturated rings. The molecule has 3 rings (SSSR count). The smallest absolute Gasteiger partial charge is 0.243 e. The lowest BCUT2D eigenvalue weighted by atomic mass is 9.74. The van der Waals surface area contributed by atoms with Gasteiger partial charge in [0.1, 0.15) is 6.04 Å². The largest absolute Gasteiger partial charge is 0.381 e. The quantitative estimate of drug-likeness (QED) is 0.643. The Hall–Kier alpha value is -1.80. The number of ether oxygens (including phenoxy) is 1. The molecule has 1 aliphatic rings. The molecule has 1 aliphatic heterocycles. The number of nitrogens with zero attached hydrogens (tertiary/aromatic N) is 1. The van der Waals surface area contributed by atoms with E-state index in [4.69, 9.17) is 27.9 Å². The number of sulfonamides is 1. The van der Waals surface area contributed by atoms with Crippen molar-refractivity contribution in [2.45, 2.75) is 31.2 Å². The molecule has 0 aromatic heterocycles. The first-order valence-electron chi connectivity index (χ1n) is 9.99. The zero-order valence-corrected chi connectivity index (χ0v) is 19.8. The average Bonchev–Trinajstić information content (AvgIpc) is 2.71. The SMILES string of the molecule is C[C@@H](C(=O)NCC1(c2ccccc2)CCOCC1)N(c1cc(Cl)cc(Cl)c1)S(C)(=O)=O. The van der Waals surface area contributed by atoms with Crippen LogP contribution in [0.25, 0.3) is 0 Å². The summed E-state index contributed by atoms with van der Waals surface area (Å²) in [6, 6.07) is 13.5. The maximum absolute atomic E-state index is 13.1. The molecule has 1 heterocycles. The molecule has 0 unspecified atom stereocenters. The maximum Gasteiger partial charge on any atom is 0.243 e. The van der Waals surface area contributed by atoms with Crippen LogP contribution in [0.15, 0.2) is 48.5 Å². The molecular formula is C22H26Cl2N2O4S. The van der Waals surface area contributed by atoms with Crippen molar-refractivity contribution in [2.24, 2.45) is 0 Å². The van der Waals surface area contributed by atoms with Crippen LogP contribution >= 0.6 is 23.2 Å². The predicted molar refractivity (Wildman–Crippen MR) is 124 cm³/mol. The molecule has 1 amide bonds. The Morgan fingerprint density at radius 3 is 2.26 bits per heavy atom. The second-order valence-electron chi connectivity index (χ2n) is 7.84. The van der Waals surface area contributed by atoms with E-state index in [9.17, 15) is 13.2 Å². The molecule has 1 saturated heterocycles. The third-order valence-corrected chi connectivity index (χ3v) is 7.31. The van der Waals surface area contributed by atoms with Gasteiger partial charge in [-0.2, -0.15) is 0 Å². The molecule has 1 N–H and O–H groups in total.